The van der Waals surface area contributed by atoms with Crippen LogP contribution in [0.5, 0.6) is 0 Å². The van der Waals surface area contributed by atoms with Gasteiger partial charge in [-0.05, 0) is 40.5 Å². The van der Waals surface area contributed by atoms with E-state index in [0.29, 0.717) is 19.6 Å². The van der Waals surface area contributed by atoms with Crippen LogP contribution in [0.3, 0.4) is 0 Å². The predicted molar refractivity (Wildman–Crippen MR) is 107 cm³/mol. The minimum absolute atomic E-state index is 0.394. The van der Waals surface area contributed by atoms with Crippen molar-refractivity contribution in [3.63, 3.8) is 0 Å². The Balaban J connectivity index is 2.47. The van der Waals surface area contributed by atoms with E-state index < -0.39 is 11.7 Å². The second kappa shape index (κ2) is 11.5. The van der Waals surface area contributed by atoms with Gasteiger partial charge in [-0.3, -0.25) is 0 Å². The summed E-state index contributed by atoms with van der Waals surface area (Å²) in [7, 11) is 0. The Morgan fingerprint density at radius 3 is 2.41 bits per heavy atom. The Morgan fingerprint density at radius 1 is 1.11 bits per heavy atom. The minimum atomic E-state index is -0.482. The first-order valence-corrected chi connectivity index (χ1v) is 9.76. The van der Waals surface area contributed by atoms with E-state index in [2.05, 4.69) is 33.0 Å². The lowest BCUT2D eigenvalue weighted by Crippen LogP contribution is -2.39. The molecule has 154 valence electrons. The topological polar surface area (TPSA) is 101 Å². The van der Waals surface area contributed by atoms with Gasteiger partial charge < -0.3 is 25.2 Å². The standard InChI is InChI=1S/C19H35N5O3/c1-7-15-14(16(8-2)27-24-15)13-23-17(20-9-3)21-11-10-12-22-18(25)26-19(4,5)6/h7-13H2,1-6H3,(H,22,25)(H2,20,21,23). The molecule has 27 heavy (non-hydrogen) atoms. The van der Waals surface area contributed by atoms with Crippen molar-refractivity contribution in [2.45, 2.75) is 73.0 Å². The number of hydrogen-bond acceptors (Lipinski definition) is 5. The Bertz CT molecular complexity index is 583. The van der Waals surface area contributed by atoms with Gasteiger partial charge in [0.25, 0.3) is 0 Å². The lowest BCUT2D eigenvalue weighted by molar-refractivity contribution is 0.0527. The molecule has 0 unspecified atom stereocenters. The third-order valence-electron chi connectivity index (χ3n) is 3.66. The minimum Gasteiger partial charge on any atom is -0.444 e. The van der Waals surface area contributed by atoms with Crippen LogP contribution in [0.4, 0.5) is 4.79 Å². The van der Waals surface area contributed by atoms with E-state index in [9.17, 15) is 4.79 Å². The molecule has 1 rings (SSSR count). The normalized spacial score (nSPS) is 12.0. The van der Waals surface area contributed by atoms with Gasteiger partial charge in [-0.15, -0.1) is 0 Å². The van der Waals surface area contributed by atoms with Gasteiger partial charge in [-0.25, -0.2) is 9.79 Å². The molecule has 1 amide bonds. The van der Waals surface area contributed by atoms with Gasteiger partial charge in [0.05, 0.1) is 12.2 Å². The molecule has 0 aliphatic carbocycles. The van der Waals surface area contributed by atoms with Crippen molar-refractivity contribution in [2.24, 2.45) is 4.99 Å². The molecule has 0 spiro atoms. The number of guanidine groups is 1. The average molecular weight is 382 g/mol. The zero-order chi connectivity index (χ0) is 20.3. The molecule has 0 fully saturated rings. The summed E-state index contributed by atoms with van der Waals surface area (Å²) in [6.45, 7) is 14.2. The summed E-state index contributed by atoms with van der Waals surface area (Å²) in [5, 5.41) is 13.4. The second-order valence-electron chi connectivity index (χ2n) is 7.14. The second-order valence-corrected chi connectivity index (χ2v) is 7.14. The number of ether oxygens (including phenoxy) is 1. The lowest BCUT2D eigenvalue weighted by atomic mass is 10.1. The molecule has 0 aliphatic rings. The van der Waals surface area contributed by atoms with Crippen LogP contribution in [0, 0.1) is 0 Å². The van der Waals surface area contributed by atoms with E-state index >= 15 is 0 Å². The molecule has 3 N–H and O–H groups in total. The SMILES string of the molecule is CCNC(=NCc1c(CC)noc1CC)NCCCNC(=O)OC(C)(C)C. The van der Waals surface area contributed by atoms with Crippen molar-refractivity contribution in [2.75, 3.05) is 19.6 Å². The van der Waals surface area contributed by atoms with E-state index in [4.69, 9.17) is 9.26 Å². The van der Waals surface area contributed by atoms with Crippen molar-refractivity contribution < 1.29 is 14.1 Å². The number of aliphatic imine (C=N–C) groups is 1. The Labute approximate surface area is 162 Å². The molecule has 1 aromatic rings. The van der Waals surface area contributed by atoms with Gasteiger partial charge in [0.2, 0.25) is 0 Å². The Hall–Kier alpha value is -2.25. The van der Waals surface area contributed by atoms with Crippen molar-refractivity contribution in [1.29, 1.82) is 0 Å². The number of carbonyl (C=O) groups is 1. The average Bonchev–Trinajstić information content (AvgIpc) is 2.99. The number of amides is 1. The summed E-state index contributed by atoms with van der Waals surface area (Å²) in [6.07, 6.45) is 2.00. The fraction of sp³-hybridized carbons (Fsp3) is 0.737. The van der Waals surface area contributed by atoms with E-state index in [1.54, 1.807) is 0 Å². The molecule has 0 radical (unpaired) electrons. The molecule has 8 heteroatoms. The van der Waals surface area contributed by atoms with Crippen LogP contribution in [-0.4, -0.2) is 42.4 Å². The first-order chi connectivity index (χ1) is 12.8. The smallest absolute Gasteiger partial charge is 0.407 e. The summed E-state index contributed by atoms with van der Waals surface area (Å²) < 4.78 is 10.6. The highest BCUT2D eigenvalue weighted by Gasteiger charge is 2.15. The molecule has 0 bridgehead atoms. The zero-order valence-corrected chi connectivity index (χ0v) is 17.6. The van der Waals surface area contributed by atoms with Crippen molar-refractivity contribution >= 4 is 12.1 Å². The number of alkyl carbamates (subject to hydrolysis) is 1. The van der Waals surface area contributed by atoms with Gasteiger partial charge in [0.1, 0.15) is 11.4 Å². The fourth-order valence-corrected chi connectivity index (χ4v) is 2.42. The van der Waals surface area contributed by atoms with E-state index in [0.717, 1.165) is 48.8 Å². The maximum absolute atomic E-state index is 11.6. The first-order valence-electron chi connectivity index (χ1n) is 9.76. The molecule has 0 atom stereocenters. The van der Waals surface area contributed by atoms with Crippen LogP contribution in [0.15, 0.2) is 9.52 Å². The van der Waals surface area contributed by atoms with Gasteiger partial charge in [-0.2, -0.15) is 0 Å². The van der Waals surface area contributed by atoms with Crippen LogP contribution in [0.25, 0.3) is 0 Å². The van der Waals surface area contributed by atoms with Crippen LogP contribution in [0.2, 0.25) is 0 Å². The molecule has 0 aliphatic heterocycles. The van der Waals surface area contributed by atoms with Gasteiger partial charge >= 0.3 is 6.09 Å². The maximum atomic E-state index is 11.6. The number of carbonyl (C=O) groups excluding carboxylic acids is 1. The summed E-state index contributed by atoms with van der Waals surface area (Å²) in [4.78, 5) is 16.2. The first kappa shape index (κ1) is 22.8. The number of aryl methyl sites for hydroxylation is 2. The number of rotatable bonds is 9. The fourth-order valence-electron chi connectivity index (χ4n) is 2.42. The quantitative estimate of drug-likeness (QED) is 0.345. The third-order valence-corrected chi connectivity index (χ3v) is 3.66. The third kappa shape index (κ3) is 8.79. The molecular formula is C19H35N5O3. The molecule has 8 nitrogen and oxygen atoms in total. The highest BCUT2D eigenvalue weighted by molar-refractivity contribution is 5.79. The molecular weight excluding hydrogens is 346 g/mol. The summed E-state index contributed by atoms with van der Waals surface area (Å²) in [5.74, 6) is 1.63. The summed E-state index contributed by atoms with van der Waals surface area (Å²) in [6, 6.07) is 0. The van der Waals surface area contributed by atoms with Crippen molar-refractivity contribution in [3.05, 3.63) is 17.0 Å². The number of nitrogens with zero attached hydrogens (tertiary/aromatic N) is 2. The Morgan fingerprint density at radius 2 is 1.81 bits per heavy atom. The molecule has 0 aromatic carbocycles. The number of aromatic nitrogens is 1. The van der Waals surface area contributed by atoms with Gasteiger partial charge in [0.15, 0.2) is 5.96 Å². The van der Waals surface area contributed by atoms with Crippen molar-refractivity contribution in [3.8, 4) is 0 Å². The van der Waals surface area contributed by atoms with E-state index in [1.165, 1.54) is 0 Å². The van der Waals surface area contributed by atoms with E-state index in [1.807, 2.05) is 34.6 Å². The zero-order valence-electron chi connectivity index (χ0n) is 17.6. The Kier molecular flexibility index (Phi) is 9.67. The van der Waals surface area contributed by atoms with Crippen LogP contribution in [0.1, 0.15) is 65.0 Å². The van der Waals surface area contributed by atoms with Crippen LogP contribution in [-0.2, 0) is 24.1 Å². The maximum Gasteiger partial charge on any atom is 0.407 e. The molecule has 0 saturated carbocycles. The molecule has 1 heterocycles. The van der Waals surface area contributed by atoms with Crippen LogP contribution >= 0.6 is 0 Å². The summed E-state index contributed by atoms with van der Waals surface area (Å²) in [5.41, 5.74) is 1.56. The highest BCUT2D eigenvalue weighted by Crippen LogP contribution is 2.16. The molecule has 1 aromatic heterocycles. The van der Waals surface area contributed by atoms with Gasteiger partial charge in [-0.1, -0.05) is 19.0 Å². The predicted octanol–water partition coefficient (Wildman–Crippen LogP) is 2.77. The highest BCUT2D eigenvalue weighted by atomic mass is 16.6. The van der Waals surface area contributed by atoms with Gasteiger partial charge in [0, 0.05) is 31.6 Å². The van der Waals surface area contributed by atoms with Crippen molar-refractivity contribution in [1.82, 2.24) is 21.1 Å². The lowest BCUT2D eigenvalue weighted by Gasteiger charge is -2.19. The summed E-state index contributed by atoms with van der Waals surface area (Å²) >= 11 is 0. The number of hydrogen-bond donors (Lipinski definition) is 3. The number of nitrogens with one attached hydrogen (secondary N) is 3. The largest absolute Gasteiger partial charge is 0.444 e. The van der Waals surface area contributed by atoms with E-state index in [-0.39, 0.29) is 0 Å². The molecule has 0 saturated heterocycles. The van der Waals surface area contributed by atoms with Crippen LogP contribution < -0.4 is 16.0 Å². The monoisotopic (exact) mass is 381 g/mol.